The summed E-state index contributed by atoms with van der Waals surface area (Å²) in [5.74, 6) is -2.70. The smallest absolute Gasteiger partial charge is 0.317 e. The quantitative estimate of drug-likeness (QED) is 0.0389. The molecule has 0 spiro atoms. The van der Waals surface area contributed by atoms with Crippen molar-refractivity contribution < 1.29 is 168 Å². The molecule has 103 heavy (non-hydrogen) atoms. The maximum absolute atomic E-state index is 15.8. The van der Waals surface area contributed by atoms with Crippen molar-refractivity contribution in [1.82, 2.24) is 0 Å². The first-order chi connectivity index (χ1) is 48.3. The lowest BCUT2D eigenvalue weighted by Gasteiger charge is -2.72. The summed E-state index contributed by atoms with van der Waals surface area (Å²) >= 11 is 0. The number of allylic oxidation sites excluding steroid dienone is 2. The number of aliphatic hydroxyl groups is 19. The van der Waals surface area contributed by atoms with Crippen molar-refractivity contribution in [3.63, 3.8) is 0 Å². The van der Waals surface area contributed by atoms with Gasteiger partial charge in [0.1, 0.15) is 121 Å². The van der Waals surface area contributed by atoms with Crippen LogP contribution in [0.3, 0.4) is 0 Å². The van der Waals surface area contributed by atoms with Gasteiger partial charge in [0.15, 0.2) is 43.8 Å². The van der Waals surface area contributed by atoms with E-state index in [1.165, 1.54) is 6.92 Å². The molecule has 34 heteroatoms. The Morgan fingerprint density at radius 2 is 0.971 bits per heavy atom. The normalized spacial score (nSPS) is 56.0. The fourth-order valence-electron chi connectivity index (χ4n) is 20.1. The number of hydrogen-bond donors (Lipinski definition) is 19. The first-order valence-corrected chi connectivity index (χ1v) is 36.4. The van der Waals surface area contributed by atoms with Gasteiger partial charge in [0.25, 0.3) is 0 Å². The fraction of sp³-hybridized carbons (Fsp3) is 0.957. The lowest BCUT2D eigenvalue weighted by molar-refractivity contribution is -0.392. The molecular weight excluding hydrogens is 1370 g/mol. The van der Waals surface area contributed by atoms with Crippen molar-refractivity contribution in [2.45, 2.75) is 316 Å². The van der Waals surface area contributed by atoms with Crippen LogP contribution in [0.25, 0.3) is 0 Å². The van der Waals surface area contributed by atoms with E-state index in [0.29, 0.717) is 32.1 Å². The maximum atomic E-state index is 15.8. The summed E-state index contributed by atoms with van der Waals surface area (Å²) in [7, 11) is 0. The molecule has 12 aliphatic rings. The van der Waals surface area contributed by atoms with Crippen LogP contribution in [0.5, 0.6) is 0 Å². The molecule has 592 valence electrons. The third-order valence-corrected chi connectivity index (χ3v) is 26.7. The molecule has 5 aliphatic carbocycles. The second-order valence-electron chi connectivity index (χ2n) is 33.4. The number of ether oxygens (including phenoxy) is 14. The molecule has 42 atom stereocenters. The zero-order valence-corrected chi connectivity index (χ0v) is 59.5. The molecule has 7 saturated heterocycles. The van der Waals surface area contributed by atoms with E-state index in [9.17, 15) is 97.0 Å². The highest BCUT2D eigenvalue weighted by Gasteiger charge is 2.74. The van der Waals surface area contributed by atoms with E-state index in [1.54, 1.807) is 20.8 Å². The third kappa shape index (κ3) is 13.9. The Bertz CT molecular complexity index is 2940. The van der Waals surface area contributed by atoms with Crippen LogP contribution in [0.2, 0.25) is 0 Å². The van der Waals surface area contributed by atoms with E-state index in [2.05, 4.69) is 40.7 Å². The molecule has 0 radical (unpaired) electrons. The van der Waals surface area contributed by atoms with E-state index in [1.807, 2.05) is 0 Å². The van der Waals surface area contributed by atoms with Crippen molar-refractivity contribution >= 4 is 5.97 Å². The van der Waals surface area contributed by atoms with Crippen molar-refractivity contribution in [3.8, 4) is 0 Å². The summed E-state index contributed by atoms with van der Waals surface area (Å²) in [4.78, 5) is 15.8. The van der Waals surface area contributed by atoms with Crippen LogP contribution in [0.15, 0.2) is 11.6 Å². The van der Waals surface area contributed by atoms with Gasteiger partial charge >= 0.3 is 5.97 Å². The second kappa shape index (κ2) is 30.2. The molecule has 19 N–H and O–H groups in total. The SMILES string of the molecule is C[C@@H]1[C@@H](O)[C@@H](O)[C@H](O[C@@H]2[C@@H](O)[C@H](O[C@@H]3[C@@H](O[C@@H]4OC[C@@H](O)[C@H](O)[C@H]4O)[C@@H](O)[C@H](O[C@H]4[C@H](OC(=O)[C@]56CCC(C)(C)C[C@H]5C5=CC[C@@H]7[C@@]8(C)C[C@H](O)[C@H](O[C@@H]9O[C@H](CO)[C@@H](O)[C@H](O[C@@H]%10OC[C@@H](O)[C@H](O)[C@H]%10O)[C@H]9O)[C@@](C)(CO)[C@@H]8CC[C@@]7(C)[C@]5(C)C[C@H]6O)OC[C@H](O)[C@@H]4O)O[C@H]3C)OC[C@H]2O)O[C@H]1C. The minimum absolute atomic E-state index is 0.0510. The van der Waals surface area contributed by atoms with Crippen molar-refractivity contribution in [2.75, 3.05) is 39.6 Å². The number of carbonyl (C=O) groups is 1. The molecule has 0 aromatic rings. The predicted molar refractivity (Wildman–Crippen MR) is 341 cm³/mol. The minimum Gasteiger partial charge on any atom is -0.432 e. The van der Waals surface area contributed by atoms with E-state index in [0.717, 1.165) is 5.57 Å². The van der Waals surface area contributed by atoms with Gasteiger partial charge in [0.2, 0.25) is 6.29 Å². The zero-order valence-electron chi connectivity index (χ0n) is 59.5. The van der Waals surface area contributed by atoms with Gasteiger partial charge < -0.3 is 163 Å². The molecule has 0 aromatic carbocycles. The maximum Gasteiger partial charge on any atom is 0.317 e. The van der Waals surface area contributed by atoms with Gasteiger partial charge in [0.05, 0.1) is 76.3 Å². The fourth-order valence-corrected chi connectivity index (χ4v) is 20.1. The lowest BCUT2D eigenvalue weighted by Crippen LogP contribution is -2.71. The van der Waals surface area contributed by atoms with Crippen LogP contribution in [-0.4, -0.2) is 345 Å². The molecule has 7 heterocycles. The second-order valence-corrected chi connectivity index (χ2v) is 33.4. The molecule has 12 rings (SSSR count). The van der Waals surface area contributed by atoms with Gasteiger partial charge in [-0.15, -0.1) is 0 Å². The molecule has 11 fully saturated rings. The third-order valence-electron chi connectivity index (χ3n) is 26.7. The van der Waals surface area contributed by atoms with E-state index in [4.69, 9.17) is 66.3 Å². The Kier molecular flexibility index (Phi) is 23.6. The minimum atomic E-state index is -2.09. The molecule has 34 nitrogen and oxygen atoms in total. The van der Waals surface area contributed by atoms with Gasteiger partial charge in [0, 0.05) is 11.3 Å². The Morgan fingerprint density at radius 1 is 0.466 bits per heavy atom. The van der Waals surface area contributed by atoms with E-state index in [-0.39, 0.29) is 31.1 Å². The molecular formula is C69H112O34. The standard InChI is InChI=1S/C69H112O34/c1-25-26(2)94-59(44(83)39(25)78)98-51-34(76)23-92-58(47(51)86)97-50-27(3)95-60(49(88)53(50)100-57-46(85)41(80)32(74)21-91-57)101-54-42(81)33(75)22-93-62(54)103-63(89)69-15-14-64(4,5)16-29(69)28-10-11-37-65(6)17-30(72)55(66(7,24-71)36(65)12-13-67(37,8)68(28,9)18-38(69)77)102-61-48(87)52(43(82)35(19-70)96-61)99-56-45(84)40(79)31(73)20-90-56/h10,25-27,29-62,70-88H,11-24H2,1-9H3/t25-,26-,27-,29-,30-,31+,32+,33-,34+,35+,36+,37+,38+,39+,40-,41-,42-,43+,44+,45+,46+,47+,48+,49+,50-,51-,52-,53-,54+,55-,56-,57-,58-,59-,60-,61-,62-,65-,66-,67+,68+,69+/m0/s1. The predicted octanol–water partition coefficient (Wildman–Crippen LogP) is -5.76. The highest BCUT2D eigenvalue weighted by atomic mass is 16.8. The van der Waals surface area contributed by atoms with Crippen LogP contribution in [0.1, 0.15) is 114 Å². The molecule has 0 aromatic heterocycles. The molecule has 0 bridgehead atoms. The topological polar surface area (TPSA) is 531 Å². The van der Waals surface area contributed by atoms with Crippen LogP contribution in [-0.2, 0) is 71.1 Å². The van der Waals surface area contributed by atoms with Crippen molar-refractivity contribution in [1.29, 1.82) is 0 Å². The number of carbonyl (C=O) groups excluding carboxylic acids is 1. The lowest BCUT2D eigenvalue weighted by atomic mass is 9.33. The van der Waals surface area contributed by atoms with Gasteiger partial charge in [-0.25, -0.2) is 0 Å². The first-order valence-electron chi connectivity index (χ1n) is 36.4. The van der Waals surface area contributed by atoms with E-state index < -0.39 is 293 Å². The number of rotatable bonds is 16. The Balaban J connectivity index is 0.780. The molecule has 7 aliphatic heterocycles. The average molecular weight is 1490 g/mol. The summed E-state index contributed by atoms with van der Waals surface area (Å²) in [6, 6.07) is 0. The van der Waals surface area contributed by atoms with Crippen LogP contribution < -0.4 is 0 Å². The summed E-state index contributed by atoms with van der Waals surface area (Å²) in [6.45, 7) is 13.6. The van der Waals surface area contributed by atoms with Crippen molar-refractivity contribution in [3.05, 3.63) is 11.6 Å². The summed E-state index contributed by atoms with van der Waals surface area (Å²) in [5.41, 5.74) is -4.63. The summed E-state index contributed by atoms with van der Waals surface area (Å²) < 4.78 is 84.2. The van der Waals surface area contributed by atoms with E-state index >= 15 is 4.79 Å². The largest absolute Gasteiger partial charge is 0.432 e. The monoisotopic (exact) mass is 1480 g/mol. The number of esters is 1. The Morgan fingerprint density at radius 3 is 1.59 bits per heavy atom. The van der Waals surface area contributed by atoms with Gasteiger partial charge in [-0.2, -0.15) is 0 Å². The molecule has 0 unspecified atom stereocenters. The van der Waals surface area contributed by atoms with Crippen LogP contribution >= 0.6 is 0 Å². The Labute approximate surface area is 596 Å². The zero-order chi connectivity index (χ0) is 75.0. The molecule has 4 saturated carbocycles. The van der Waals surface area contributed by atoms with Gasteiger partial charge in [-0.1, -0.05) is 60.1 Å². The van der Waals surface area contributed by atoms with Gasteiger partial charge in [-0.05, 0) is 105 Å². The van der Waals surface area contributed by atoms with Gasteiger partial charge in [-0.3, -0.25) is 4.79 Å². The number of aliphatic hydroxyl groups excluding tert-OH is 19. The summed E-state index contributed by atoms with van der Waals surface area (Å²) in [5, 5.41) is 214. The summed E-state index contributed by atoms with van der Waals surface area (Å²) in [6.07, 6.45) is -49.2. The first kappa shape index (κ1) is 80.4. The number of hydrogen-bond acceptors (Lipinski definition) is 34. The highest BCUT2D eigenvalue weighted by molar-refractivity contribution is 5.80. The Hall–Kier alpha value is -2.07. The van der Waals surface area contributed by atoms with Crippen LogP contribution in [0, 0.1) is 56.2 Å². The van der Waals surface area contributed by atoms with Crippen LogP contribution in [0.4, 0.5) is 0 Å². The highest BCUT2D eigenvalue weighted by Crippen LogP contribution is 2.76. The number of fused-ring (bicyclic) bond motifs is 7. The van der Waals surface area contributed by atoms with Crippen molar-refractivity contribution in [2.24, 2.45) is 56.2 Å². The molecule has 0 amide bonds. The average Bonchev–Trinajstić information content (AvgIpc) is 0.668.